The summed E-state index contributed by atoms with van der Waals surface area (Å²) in [6.45, 7) is 13.6. The zero-order chi connectivity index (χ0) is 27.2. The minimum Gasteiger partial charge on any atom is -0.486 e. The maximum atomic E-state index is 13.0. The molecular weight excluding hydrogens is 474 g/mol. The van der Waals surface area contributed by atoms with E-state index in [1.54, 1.807) is 14.0 Å². The van der Waals surface area contributed by atoms with Gasteiger partial charge in [0.05, 0.1) is 12.0 Å². The van der Waals surface area contributed by atoms with E-state index in [-0.39, 0.29) is 18.3 Å². The molecular formula is C29H41NO5S. The molecule has 0 aliphatic rings. The Bertz CT molecular complexity index is 1080. The normalized spacial score (nSPS) is 13.1. The number of benzene rings is 1. The standard InChI is InChI=1S/C29H41NO5S/c1-10-21(22-12-14-24(18(2)15-22)35-17-25(31)29(5,6)7)11-13-23-16-19(3)26(36-23)27(32)30(8)20(4)28(33)34-9/h12,14-16,20-21H,10-11,13,17H2,1-9H3. The van der Waals surface area contributed by atoms with E-state index in [1.807, 2.05) is 40.7 Å². The van der Waals surface area contributed by atoms with E-state index in [0.717, 1.165) is 41.0 Å². The second-order valence-electron chi connectivity index (χ2n) is 10.5. The van der Waals surface area contributed by atoms with Crippen LogP contribution >= 0.6 is 11.3 Å². The summed E-state index contributed by atoms with van der Waals surface area (Å²) in [6, 6.07) is 7.65. The molecule has 0 saturated carbocycles. The van der Waals surface area contributed by atoms with Crippen molar-refractivity contribution in [3.8, 4) is 5.75 Å². The number of aryl methyl sites for hydroxylation is 3. The van der Waals surface area contributed by atoms with Crippen molar-refractivity contribution in [1.82, 2.24) is 4.90 Å². The fourth-order valence-corrected chi connectivity index (χ4v) is 5.09. The molecule has 0 bridgehead atoms. The first-order chi connectivity index (χ1) is 16.8. The van der Waals surface area contributed by atoms with Gasteiger partial charge in [-0.2, -0.15) is 0 Å². The summed E-state index contributed by atoms with van der Waals surface area (Å²) in [5, 5.41) is 0. The lowest BCUT2D eigenvalue weighted by Crippen LogP contribution is -2.40. The minimum absolute atomic E-state index is 0.0763. The molecule has 1 aromatic heterocycles. The van der Waals surface area contributed by atoms with E-state index >= 15 is 0 Å². The highest BCUT2D eigenvalue weighted by Crippen LogP contribution is 2.32. The van der Waals surface area contributed by atoms with E-state index in [2.05, 4.69) is 25.1 Å². The van der Waals surface area contributed by atoms with Crippen LogP contribution < -0.4 is 4.74 Å². The highest BCUT2D eigenvalue weighted by Gasteiger charge is 2.26. The highest BCUT2D eigenvalue weighted by molar-refractivity contribution is 7.14. The predicted octanol–water partition coefficient (Wildman–Crippen LogP) is 6.12. The van der Waals surface area contributed by atoms with Gasteiger partial charge in [0, 0.05) is 17.3 Å². The van der Waals surface area contributed by atoms with Crippen molar-refractivity contribution in [2.75, 3.05) is 20.8 Å². The van der Waals surface area contributed by atoms with Crippen molar-refractivity contribution in [2.24, 2.45) is 5.41 Å². The first-order valence-electron chi connectivity index (χ1n) is 12.5. The van der Waals surface area contributed by atoms with E-state index in [0.29, 0.717) is 10.8 Å². The monoisotopic (exact) mass is 515 g/mol. The van der Waals surface area contributed by atoms with Gasteiger partial charge in [0.1, 0.15) is 18.4 Å². The Labute approximate surface area is 220 Å². The van der Waals surface area contributed by atoms with Gasteiger partial charge >= 0.3 is 5.97 Å². The minimum atomic E-state index is -0.640. The summed E-state index contributed by atoms with van der Waals surface area (Å²) >= 11 is 1.50. The number of likely N-dealkylation sites (N-methyl/N-ethyl adjacent to an activating group) is 1. The SMILES string of the molecule is CCC(CCc1cc(C)c(C(=O)N(C)C(C)C(=O)OC)s1)c1ccc(OCC(=O)C(C)(C)C)c(C)c1. The van der Waals surface area contributed by atoms with Gasteiger partial charge < -0.3 is 14.4 Å². The van der Waals surface area contributed by atoms with Gasteiger partial charge in [-0.25, -0.2) is 4.79 Å². The van der Waals surface area contributed by atoms with Crippen LogP contribution in [0.15, 0.2) is 24.3 Å². The molecule has 1 aromatic carbocycles. The Hall–Kier alpha value is -2.67. The average Bonchev–Trinajstić information content (AvgIpc) is 3.21. The van der Waals surface area contributed by atoms with Crippen LogP contribution in [0.25, 0.3) is 0 Å². The first-order valence-corrected chi connectivity index (χ1v) is 13.3. The van der Waals surface area contributed by atoms with Crippen LogP contribution in [0, 0.1) is 19.3 Å². The topological polar surface area (TPSA) is 72.9 Å². The molecule has 0 N–H and O–H groups in total. The number of carbonyl (C=O) groups is 3. The second kappa shape index (κ2) is 12.5. The maximum Gasteiger partial charge on any atom is 0.328 e. The summed E-state index contributed by atoms with van der Waals surface area (Å²) in [6.07, 6.45) is 2.82. The molecule has 0 radical (unpaired) electrons. The van der Waals surface area contributed by atoms with Crippen molar-refractivity contribution < 1.29 is 23.9 Å². The van der Waals surface area contributed by atoms with Crippen molar-refractivity contribution in [1.29, 1.82) is 0 Å². The number of Topliss-reactive ketones (excluding diaryl/α,β-unsaturated/α-hetero) is 1. The van der Waals surface area contributed by atoms with Crippen LogP contribution in [0.2, 0.25) is 0 Å². The number of nitrogens with zero attached hydrogens (tertiary/aromatic N) is 1. The molecule has 0 aliphatic heterocycles. The van der Waals surface area contributed by atoms with E-state index < -0.39 is 17.4 Å². The third-order valence-electron chi connectivity index (χ3n) is 6.70. The van der Waals surface area contributed by atoms with Crippen LogP contribution in [-0.4, -0.2) is 49.4 Å². The fourth-order valence-electron chi connectivity index (χ4n) is 3.92. The van der Waals surface area contributed by atoms with Gasteiger partial charge in [-0.15, -0.1) is 11.3 Å². The lowest BCUT2D eigenvalue weighted by atomic mass is 9.90. The maximum absolute atomic E-state index is 13.0. The van der Waals surface area contributed by atoms with Gasteiger partial charge in [-0.05, 0) is 74.8 Å². The molecule has 2 unspecified atom stereocenters. The summed E-state index contributed by atoms with van der Waals surface area (Å²) in [4.78, 5) is 40.3. The van der Waals surface area contributed by atoms with Gasteiger partial charge in [0.15, 0.2) is 5.78 Å². The predicted molar refractivity (Wildman–Crippen MR) is 145 cm³/mol. The van der Waals surface area contributed by atoms with Crippen LogP contribution in [0.5, 0.6) is 5.75 Å². The molecule has 2 rings (SSSR count). The van der Waals surface area contributed by atoms with Gasteiger partial charge in [0.2, 0.25) is 0 Å². The Morgan fingerprint density at radius 1 is 1.08 bits per heavy atom. The zero-order valence-electron chi connectivity index (χ0n) is 23.2. The number of ether oxygens (including phenoxy) is 2. The number of esters is 1. The van der Waals surface area contributed by atoms with Crippen LogP contribution in [0.1, 0.15) is 84.6 Å². The number of amides is 1. The van der Waals surface area contributed by atoms with Crippen LogP contribution in [-0.2, 0) is 20.7 Å². The Kier molecular flexibility index (Phi) is 10.3. The zero-order valence-corrected chi connectivity index (χ0v) is 24.0. The summed E-state index contributed by atoms with van der Waals surface area (Å²) in [7, 11) is 2.95. The molecule has 7 heteroatoms. The lowest BCUT2D eigenvalue weighted by molar-refractivity contribution is -0.145. The third kappa shape index (κ3) is 7.42. The van der Waals surface area contributed by atoms with Crippen molar-refractivity contribution >= 4 is 29.0 Å². The van der Waals surface area contributed by atoms with Crippen LogP contribution in [0.3, 0.4) is 0 Å². The molecule has 198 valence electrons. The number of carbonyl (C=O) groups excluding carboxylic acids is 3. The summed E-state index contributed by atoms with van der Waals surface area (Å²) < 4.78 is 10.6. The first kappa shape index (κ1) is 29.6. The van der Waals surface area contributed by atoms with Crippen molar-refractivity contribution in [2.45, 2.75) is 79.7 Å². The molecule has 0 spiro atoms. The molecule has 0 saturated heterocycles. The Morgan fingerprint density at radius 2 is 1.75 bits per heavy atom. The number of rotatable bonds is 11. The molecule has 2 atom stereocenters. The molecule has 1 amide bonds. The molecule has 2 aromatic rings. The van der Waals surface area contributed by atoms with Crippen molar-refractivity contribution in [3.05, 3.63) is 50.7 Å². The fraction of sp³-hybridized carbons (Fsp3) is 0.552. The largest absolute Gasteiger partial charge is 0.486 e. The summed E-state index contributed by atoms with van der Waals surface area (Å²) in [5.41, 5.74) is 2.79. The second-order valence-corrected chi connectivity index (χ2v) is 11.6. The molecule has 36 heavy (non-hydrogen) atoms. The van der Waals surface area contributed by atoms with E-state index in [1.165, 1.54) is 28.9 Å². The number of ketones is 1. The average molecular weight is 516 g/mol. The number of hydrogen-bond donors (Lipinski definition) is 0. The van der Waals surface area contributed by atoms with Crippen molar-refractivity contribution in [3.63, 3.8) is 0 Å². The Morgan fingerprint density at radius 3 is 2.31 bits per heavy atom. The van der Waals surface area contributed by atoms with Gasteiger partial charge in [0.25, 0.3) is 5.91 Å². The quantitative estimate of drug-likeness (QED) is 0.337. The van der Waals surface area contributed by atoms with Gasteiger partial charge in [-0.3, -0.25) is 9.59 Å². The number of hydrogen-bond acceptors (Lipinski definition) is 6. The lowest BCUT2D eigenvalue weighted by Gasteiger charge is -2.22. The Balaban J connectivity index is 2.06. The third-order valence-corrected chi connectivity index (χ3v) is 7.99. The smallest absolute Gasteiger partial charge is 0.328 e. The van der Waals surface area contributed by atoms with E-state index in [4.69, 9.17) is 9.47 Å². The molecule has 0 aliphatic carbocycles. The van der Waals surface area contributed by atoms with E-state index in [9.17, 15) is 14.4 Å². The molecule has 1 heterocycles. The number of thiophene rings is 1. The molecule has 6 nitrogen and oxygen atoms in total. The number of methoxy groups -OCH3 is 1. The van der Waals surface area contributed by atoms with Crippen LogP contribution in [0.4, 0.5) is 0 Å². The highest BCUT2D eigenvalue weighted by atomic mass is 32.1. The summed E-state index contributed by atoms with van der Waals surface area (Å²) in [5.74, 6) is 0.599. The molecule has 0 fully saturated rings. The van der Waals surface area contributed by atoms with Gasteiger partial charge in [-0.1, -0.05) is 39.8 Å².